The molecule has 1 aliphatic rings. The van der Waals surface area contributed by atoms with E-state index in [0.717, 1.165) is 10.4 Å². The zero-order chi connectivity index (χ0) is 17.6. The van der Waals surface area contributed by atoms with Crippen LogP contribution in [0.3, 0.4) is 0 Å². The summed E-state index contributed by atoms with van der Waals surface area (Å²) in [4.78, 5) is 17.1. The predicted molar refractivity (Wildman–Crippen MR) is 98.2 cm³/mol. The van der Waals surface area contributed by atoms with Gasteiger partial charge < -0.3 is 14.2 Å². The molecule has 0 bridgehead atoms. The number of carbonyl (C=O) groups is 1. The summed E-state index contributed by atoms with van der Waals surface area (Å²) in [6.45, 7) is 6.43. The normalized spacial score (nSPS) is 15.0. The molecule has 0 spiro atoms. The molecule has 0 N–H and O–H groups in total. The molecule has 1 aliphatic heterocycles. The molecule has 25 heavy (non-hydrogen) atoms. The molecule has 0 saturated carbocycles. The van der Waals surface area contributed by atoms with Gasteiger partial charge in [0.25, 0.3) is 0 Å². The van der Waals surface area contributed by atoms with Gasteiger partial charge in [-0.25, -0.2) is 9.79 Å². The number of hydrogen-bond donors (Lipinski definition) is 0. The van der Waals surface area contributed by atoms with Crippen molar-refractivity contribution in [1.29, 1.82) is 0 Å². The Kier molecular flexibility index (Phi) is 5.30. The molecule has 0 unspecified atom stereocenters. The average Bonchev–Trinajstić information content (AvgIpc) is 3.25. The van der Waals surface area contributed by atoms with E-state index in [-0.39, 0.29) is 5.70 Å². The van der Waals surface area contributed by atoms with Crippen LogP contribution in [-0.2, 0) is 9.53 Å². The van der Waals surface area contributed by atoms with Crippen molar-refractivity contribution in [3.8, 4) is 11.5 Å². The number of hydrogen-bond acceptors (Lipinski definition) is 6. The van der Waals surface area contributed by atoms with E-state index in [2.05, 4.69) is 11.6 Å². The quantitative estimate of drug-likeness (QED) is 0.427. The Bertz CT molecular complexity index is 837. The topological polar surface area (TPSA) is 57.1 Å². The second-order valence-corrected chi connectivity index (χ2v) is 6.00. The van der Waals surface area contributed by atoms with Crippen molar-refractivity contribution in [1.82, 2.24) is 0 Å². The largest absolute Gasteiger partial charge is 0.490 e. The third-order valence-corrected chi connectivity index (χ3v) is 4.14. The Morgan fingerprint density at radius 2 is 2.16 bits per heavy atom. The molecular formula is C19H17NO4S. The molecule has 0 saturated heterocycles. The highest BCUT2D eigenvalue weighted by Gasteiger charge is 2.24. The molecule has 1 aromatic carbocycles. The number of carbonyl (C=O) groups excluding carboxylic acids is 1. The number of rotatable bonds is 7. The molecule has 6 heteroatoms. The van der Waals surface area contributed by atoms with Crippen molar-refractivity contribution < 1.29 is 19.0 Å². The van der Waals surface area contributed by atoms with Crippen LogP contribution in [0.1, 0.15) is 17.4 Å². The van der Waals surface area contributed by atoms with Gasteiger partial charge in [0.2, 0.25) is 5.90 Å². The maximum atomic E-state index is 12.0. The summed E-state index contributed by atoms with van der Waals surface area (Å²) in [7, 11) is 0. The first-order valence-corrected chi connectivity index (χ1v) is 8.66. The lowest BCUT2D eigenvalue weighted by molar-refractivity contribution is -0.129. The highest BCUT2D eigenvalue weighted by molar-refractivity contribution is 7.12. The molecule has 0 amide bonds. The van der Waals surface area contributed by atoms with E-state index >= 15 is 0 Å². The fraction of sp³-hybridized carbons (Fsp3) is 0.158. The lowest BCUT2D eigenvalue weighted by Crippen LogP contribution is -2.03. The van der Waals surface area contributed by atoms with Crippen molar-refractivity contribution in [2.24, 2.45) is 4.99 Å². The molecule has 1 aromatic heterocycles. The van der Waals surface area contributed by atoms with Gasteiger partial charge in [-0.05, 0) is 42.1 Å². The Hall–Kier alpha value is -2.86. The predicted octanol–water partition coefficient (Wildman–Crippen LogP) is 4.06. The van der Waals surface area contributed by atoms with E-state index in [1.165, 1.54) is 11.3 Å². The molecule has 0 atom stereocenters. The minimum Gasteiger partial charge on any atom is -0.490 e. The van der Waals surface area contributed by atoms with Crippen LogP contribution in [0.5, 0.6) is 11.5 Å². The third-order valence-electron chi connectivity index (χ3n) is 3.28. The number of esters is 1. The Balaban J connectivity index is 1.88. The van der Waals surface area contributed by atoms with Crippen LogP contribution < -0.4 is 9.47 Å². The van der Waals surface area contributed by atoms with Crippen LogP contribution in [0.4, 0.5) is 0 Å². The van der Waals surface area contributed by atoms with Gasteiger partial charge in [0.1, 0.15) is 6.61 Å². The van der Waals surface area contributed by atoms with Crippen LogP contribution in [-0.4, -0.2) is 25.1 Å². The fourth-order valence-corrected chi connectivity index (χ4v) is 2.87. The van der Waals surface area contributed by atoms with Gasteiger partial charge in [-0.1, -0.05) is 24.8 Å². The molecule has 0 aliphatic carbocycles. The summed E-state index contributed by atoms with van der Waals surface area (Å²) < 4.78 is 16.4. The van der Waals surface area contributed by atoms with E-state index in [1.54, 1.807) is 24.3 Å². The van der Waals surface area contributed by atoms with Crippen molar-refractivity contribution in [3.05, 3.63) is 64.5 Å². The third kappa shape index (κ3) is 3.97. The van der Waals surface area contributed by atoms with E-state index in [1.807, 2.05) is 30.5 Å². The number of aliphatic imine (C=N–C) groups is 1. The smallest absolute Gasteiger partial charge is 0.363 e. The van der Waals surface area contributed by atoms with Gasteiger partial charge in [0.05, 0.1) is 11.5 Å². The van der Waals surface area contributed by atoms with Gasteiger partial charge in [-0.3, -0.25) is 0 Å². The van der Waals surface area contributed by atoms with E-state index in [9.17, 15) is 4.79 Å². The maximum Gasteiger partial charge on any atom is 0.363 e. The van der Waals surface area contributed by atoms with Gasteiger partial charge in [-0.15, -0.1) is 11.3 Å². The number of ether oxygens (including phenoxy) is 3. The average molecular weight is 355 g/mol. The summed E-state index contributed by atoms with van der Waals surface area (Å²) in [5.74, 6) is 1.10. The SMILES string of the molecule is C=CCOc1ccc(/C=C2/N=C(c3cccs3)OC2=O)cc1OCC. The maximum absolute atomic E-state index is 12.0. The summed E-state index contributed by atoms with van der Waals surface area (Å²) in [6, 6.07) is 9.18. The second-order valence-electron chi connectivity index (χ2n) is 5.05. The molecular weight excluding hydrogens is 338 g/mol. The van der Waals surface area contributed by atoms with Crippen LogP contribution in [0.2, 0.25) is 0 Å². The standard InChI is InChI=1S/C19H17NO4S/c1-3-9-23-15-8-7-13(12-16(15)22-4-2)11-14-19(21)24-18(20-14)17-6-5-10-25-17/h3,5-8,10-12H,1,4,9H2,2H3/b14-11+. The lowest BCUT2D eigenvalue weighted by Gasteiger charge is -2.11. The first-order chi connectivity index (χ1) is 12.2. The van der Waals surface area contributed by atoms with Crippen LogP contribution in [0.15, 0.2) is 59.1 Å². The molecule has 2 aromatic rings. The van der Waals surface area contributed by atoms with E-state index < -0.39 is 5.97 Å². The first kappa shape index (κ1) is 17.0. The van der Waals surface area contributed by atoms with Crippen molar-refractivity contribution in [3.63, 3.8) is 0 Å². The Morgan fingerprint density at radius 3 is 2.88 bits per heavy atom. The first-order valence-electron chi connectivity index (χ1n) is 7.78. The van der Waals surface area contributed by atoms with Gasteiger partial charge >= 0.3 is 5.97 Å². The summed E-state index contributed by atoms with van der Waals surface area (Å²) >= 11 is 1.47. The molecule has 0 fully saturated rings. The van der Waals surface area contributed by atoms with Gasteiger partial charge in [0.15, 0.2) is 17.2 Å². The zero-order valence-electron chi connectivity index (χ0n) is 13.7. The van der Waals surface area contributed by atoms with Crippen molar-refractivity contribution in [2.75, 3.05) is 13.2 Å². The summed E-state index contributed by atoms with van der Waals surface area (Å²) in [5, 5.41) is 1.91. The van der Waals surface area contributed by atoms with E-state index in [0.29, 0.717) is 30.6 Å². The molecule has 3 rings (SSSR count). The second kappa shape index (κ2) is 7.81. The number of benzene rings is 1. The van der Waals surface area contributed by atoms with Gasteiger partial charge in [0, 0.05) is 0 Å². The Labute approximate surface area is 149 Å². The zero-order valence-corrected chi connectivity index (χ0v) is 14.5. The molecule has 0 radical (unpaired) electrons. The van der Waals surface area contributed by atoms with Gasteiger partial charge in [-0.2, -0.15) is 0 Å². The van der Waals surface area contributed by atoms with Crippen molar-refractivity contribution >= 4 is 29.3 Å². The monoisotopic (exact) mass is 355 g/mol. The summed E-state index contributed by atoms with van der Waals surface area (Å²) in [5.41, 5.74) is 1.03. The van der Waals surface area contributed by atoms with Crippen LogP contribution in [0.25, 0.3) is 6.08 Å². The number of nitrogens with zero attached hydrogens (tertiary/aromatic N) is 1. The number of thiophene rings is 1. The lowest BCUT2D eigenvalue weighted by atomic mass is 10.1. The van der Waals surface area contributed by atoms with E-state index in [4.69, 9.17) is 14.2 Å². The minimum atomic E-state index is -0.464. The highest BCUT2D eigenvalue weighted by Crippen LogP contribution is 2.30. The minimum absolute atomic E-state index is 0.255. The fourth-order valence-electron chi connectivity index (χ4n) is 2.22. The van der Waals surface area contributed by atoms with Crippen LogP contribution in [0, 0.1) is 0 Å². The van der Waals surface area contributed by atoms with Crippen molar-refractivity contribution in [2.45, 2.75) is 6.92 Å². The van der Waals surface area contributed by atoms with Crippen LogP contribution >= 0.6 is 11.3 Å². The number of cyclic esters (lactones) is 1. The summed E-state index contributed by atoms with van der Waals surface area (Å²) in [6.07, 6.45) is 3.34. The Morgan fingerprint density at radius 1 is 1.28 bits per heavy atom. The molecule has 128 valence electrons. The molecule has 5 nitrogen and oxygen atoms in total. The molecule has 2 heterocycles. The highest BCUT2D eigenvalue weighted by atomic mass is 32.1.